The number of unbranched alkanes of at least 4 members (excludes halogenated alkanes) is 2. The largest absolute Gasteiger partial charge is 0.205 e. The zero-order valence-corrected chi connectivity index (χ0v) is 21.3. The van der Waals surface area contributed by atoms with Gasteiger partial charge in [0.05, 0.1) is 0 Å². The molecule has 2 fully saturated rings. The van der Waals surface area contributed by atoms with Crippen molar-refractivity contribution in [2.45, 2.75) is 88.8 Å². The van der Waals surface area contributed by atoms with E-state index < -0.39 is 25.5 Å². The predicted molar refractivity (Wildman–Crippen MR) is 135 cm³/mol. The highest BCUT2D eigenvalue weighted by atomic mass is 35.5. The highest BCUT2D eigenvalue weighted by Crippen LogP contribution is 2.44. The van der Waals surface area contributed by atoms with Crippen molar-refractivity contribution in [2.24, 2.45) is 11.8 Å². The molecule has 0 aromatic heterocycles. The molecule has 1 aliphatic heterocycles. The van der Waals surface area contributed by atoms with E-state index in [0.29, 0.717) is 11.5 Å². The minimum atomic E-state index is -0.707. The fraction of sp³-hybridized carbons (Fsp3) is 0.571. The Morgan fingerprint density at radius 1 is 0.812 bits per heavy atom. The van der Waals surface area contributed by atoms with E-state index in [1.807, 2.05) is 12.1 Å². The Morgan fingerprint density at radius 3 is 2.00 bits per heavy atom. The van der Waals surface area contributed by atoms with Crippen LogP contribution >= 0.6 is 11.6 Å². The average molecular weight is 475 g/mol. The van der Waals surface area contributed by atoms with Gasteiger partial charge in [0.15, 0.2) is 0 Å². The average Bonchev–Trinajstić information content (AvgIpc) is 2.83. The summed E-state index contributed by atoms with van der Waals surface area (Å²) in [5.41, 5.74) is 2.74. The molecule has 2 aromatic rings. The van der Waals surface area contributed by atoms with E-state index in [0.717, 1.165) is 17.4 Å². The second-order valence-electron chi connectivity index (χ2n) is 10.3. The van der Waals surface area contributed by atoms with Crippen molar-refractivity contribution in [3.63, 3.8) is 0 Å². The van der Waals surface area contributed by atoms with Gasteiger partial charge in [0.2, 0.25) is 0 Å². The van der Waals surface area contributed by atoms with Gasteiger partial charge in [-0.1, -0.05) is 93.0 Å². The van der Waals surface area contributed by atoms with Crippen LogP contribution in [-0.2, 0) is 0 Å². The first-order valence-corrected chi connectivity index (χ1v) is 15.6. The molecule has 2 aliphatic rings. The number of hydrogen-bond acceptors (Lipinski definition) is 0. The smallest absolute Gasteiger partial charge is 0.145 e. The molecule has 2 aromatic carbocycles. The molecule has 1 heterocycles. The van der Waals surface area contributed by atoms with Crippen molar-refractivity contribution in [3.8, 4) is 11.1 Å². The van der Waals surface area contributed by atoms with Crippen LogP contribution in [0.25, 0.3) is 11.1 Å². The summed E-state index contributed by atoms with van der Waals surface area (Å²) in [6, 6.07) is 15.7. The van der Waals surface area contributed by atoms with Gasteiger partial charge in [-0.05, 0) is 72.3 Å². The lowest BCUT2D eigenvalue weighted by Gasteiger charge is -2.37. The third kappa shape index (κ3) is 5.83. The maximum atomic E-state index is 13.8. The zero-order valence-electron chi connectivity index (χ0n) is 19.4. The van der Waals surface area contributed by atoms with Gasteiger partial charge in [-0.3, -0.25) is 0 Å². The molecule has 1 saturated heterocycles. The highest BCUT2D eigenvalue weighted by Gasteiger charge is 2.31. The number of hydrogen-bond donors (Lipinski definition) is 0. The molecule has 0 nitrogen and oxygen atoms in total. The second kappa shape index (κ2) is 11.3. The van der Waals surface area contributed by atoms with Crippen molar-refractivity contribution >= 4 is 20.4 Å². The molecule has 0 atom stereocenters. The van der Waals surface area contributed by atoms with E-state index in [-0.39, 0.29) is 0 Å². The molecule has 4 rings (SSSR count). The zero-order chi connectivity index (χ0) is 22.5. The van der Waals surface area contributed by atoms with E-state index in [2.05, 4.69) is 19.1 Å². The molecular formula is C28H37ClF2Si. The van der Waals surface area contributed by atoms with E-state index in [4.69, 9.17) is 11.6 Å². The summed E-state index contributed by atoms with van der Waals surface area (Å²) in [7, 11) is -0.407. The molecule has 0 amide bonds. The molecule has 0 unspecified atom stereocenters. The lowest BCUT2D eigenvalue weighted by atomic mass is 9.72. The summed E-state index contributed by atoms with van der Waals surface area (Å²) < 4.78 is 27.6. The van der Waals surface area contributed by atoms with Gasteiger partial charge in [-0.25, -0.2) is 8.78 Å². The summed E-state index contributed by atoms with van der Waals surface area (Å²) in [6.45, 7) is 2.31. The van der Waals surface area contributed by atoms with E-state index in [1.165, 1.54) is 75.5 Å². The number of halogens is 3. The first-order chi connectivity index (χ1) is 15.5. The van der Waals surface area contributed by atoms with Crippen LogP contribution in [0, 0.1) is 23.5 Å². The summed E-state index contributed by atoms with van der Waals surface area (Å²) >= 11 is 5.62. The van der Waals surface area contributed by atoms with Gasteiger partial charge in [-0.2, -0.15) is 0 Å². The normalized spacial score (nSPS) is 26.2. The number of benzene rings is 2. The Labute approximate surface area is 199 Å². The summed E-state index contributed by atoms with van der Waals surface area (Å²) in [5.74, 6) is 1.14. The molecule has 0 bridgehead atoms. The maximum Gasteiger partial charge on any atom is 0.145 e. The van der Waals surface area contributed by atoms with Crippen LogP contribution in [-0.4, -0.2) is 8.80 Å². The molecular weight excluding hydrogens is 438 g/mol. The molecule has 0 radical (unpaired) electrons. The van der Waals surface area contributed by atoms with Gasteiger partial charge >= 0.3 is 0 Å². The van der Waals surface area contributed by atoms with Crippen molar-refractivity contribution in [2.75, 3.05) is 0 Å². The SMILES string of the molecule is CCCCC[SiH]1CCC(C2CCC(c3ccc(-c4cc(F)c(Cl)c(F)c4)cc3)CC2)CC1. The fourth-order valence-electron chi connectivity index (χ4n) is 6.23. The van der Waals surface area contributed by atoms with Crippen LogP contribution in [0.5, 0.6) is 0 Å². The van der Waals surface area contributed by atoms with Crippen LogP contribution in [0.15, 0.2) is 36.4 Å². The van der Waals surface area contributed by atoms with Crippen LogP contribution < -0.4 is 0 Å². The van der Waals surface area contributed by atoms with Crippen LogP contribution in [0.4, 0.5) is 8.78 Å². The van der Waals surface area contributed by atoms with Gasteiger partial charge in [0, 0.05) is 8.80 Å². The third-order valence-electron chi connectivity index (χ3n) is 8.25. The van der Waals surface area contributed by atoms with Gasteiger partial charge < -0.3 is 0 Å². The Balaban J connectivity index is 1.28. The summed E-state index contributed by atoms with van der Waals surface area (Å²) in [4.78, 5) is 0. The minimum Gasteiger partial charge on any atom is -0.205 e. The Morgan fingerprint density at radius 2 is 1.41 bits per heavy atom. The minimum absolute atomic E-state index is 0.407. The van der Waals surface area contributed by atoms with Gasteiger partial charge in [-0.15, -0.1) is 0 Å². The maximum absolute atomic E-state index is 13.8. The highest BCUT2D eigenvalue weighted by molar-refractivity contribution is 6.58. The predicted octanol–water partition coefficient (Wildman–Crippen LogP) is 9.39. The van der Waals surface area contributed by atoms with Gasteiger partial charge in [0.1, 0.15) is 16.7 Å². The Hall–Kier alpha value is -1.19. The topological polar surface area (TPSA) is 0 Å². The Kier molecular flexibility index (Phi) is 8.45. The van der Waals surface area contributed by atoms with Crippen LogP contribution in [0.1, 0.15) is 76.2 Å². The van der Waals surface area contributed by atoms with Crippen LogP contribution in [0.3, 0.4) is 0 Å². The lowest BCUT2D eigenvalue weighted by Crippen LogP contribution is -2.28. The first kappa shape index (κ1) is 23.9. The van der Waals surface area contributed by atoms with E-state index in [1.54, 1.807) is 18.1 Å². The van der Waals surface area contributed by atoms with E-state index >= 15 is 0 Å². The van der Waals surface area contributed by atoms with Crippen molar-refractivity contribution in [1.29, 1.82) is 0 Å². The first-order valence-electron chi connectivity index (χ1n) is 12.8. The van der Waals surface area contributed by atoms with Crippen molar-refractivity contribution in [1.82, 2.24) is 0 Å². The molecule has 4 heteroatoms. The van der Waals surface area contributed by atoms with Crippen molar-refractivity contribution < 1.29 is 8.78 Å². The third-order valence-corrected chi connectivity index (χ3v) is 12.1. The van der Waals surface area contributed by atoms with E-state index in [9.17, 15) is 8.78 Å². The molecule has 32 heavy (non-hydrogen) atoms. The second-order valence-corrected chi connectivity index (χ2v) is 14.1. The summed E-state index contributed by atoms with van der Waals surface area (Å²) in [6.07, 6.45) is 12.6. The Bertz CT molecular complexity index is 842. The number of rotatable bonds is 7. The standard InChI is InChI=1S/C28H37ClF2Si/c1-2-3-4-15-32-16-13-24(14-17-32)22-7-5-20(6-8-22)21-9-11-23(12-10-21)25-18-26(30)28(29)27(31)19-25/h9-12,18-20,22,24,32H,2-8,13-17H2,1H3. The molecule has 174 valence electrons. The van der Waals surface area contributed by atoms with Crippen LogP contribution in [0.2, 0.25) is 23.2 Å². The summed E-state index contributed by atoms with van der Waals surface area (Å²) in [5, 5.41) is -0.436. The van der Waals surface area contributed by atoms with Crippen molar-refractivity contribution in [3.05, 3.63) is 58.6 Å². The molecule has 0 spiro atoms. The monoisotopic (exact) mass is 474 g/mol. The lowest BCUT2D eigenvalue weighted by molar-refractivity contribution is 0.216. The molecule has 1 saturated carbocycles. The fourth-order valence-corrected chi connectivity index (χ4v) is 9.87. The molecule has 0 N–H and O–H groups in total. The quantitative estimate of drug-likeness (QED) is 0.213. The molecule has 1 aliphatic carbocycles. The van der Waals surface area contributed by atoms with Gasteiger partial charge in [0.25, 0.3) is 0 Å².